The second kappa shape index (κ2) is 6.57. The zero-order valence-corrected chi connectivity index (χ0v) is 15.0. The SMILES string of the molecule is Cc1cc2cc(CN3CCOCC3)ccc2n1C(=O)OC(C)(C)C. The molecule has 2 heterocycles. The molecule has 0 amide bonds. The molecule has 24 heavy (non-hydrogen) atoms. The quantitative estimate of drug-likeness (QED) is 0.844. The Labute approximate surface area is 143 Å². The summed E-state index contributed by atoms with van der Waals surface area (Å²) in [4.78, 5) is 14.9. The molecule has 5 nitrogen and oxygen atoms in total. The first-order valence-electron chi connectivity index (χ1n) is 8.48. The maximum Gasteiger partial charge on any atom is 0.419 e. The first-order chi connectivity index (χ1) is 11.3. The van der Waals surface area contributed by atoms with Crippen LogP contribution in [0.3, 0.4) is 0 Å². The lowest BCUT2D eigenvalue weighted by molar-refractivity contribution is 0.0342. The summed E-state index contributed by atoms with van der Waals surface area (Å²) >= 11 is 0. The molecule has 1 aromatic heterocycles. The zero-order valence-electron chi connectivity index (χ0n) is 15.0. The van der Waals surface area contributed by atoms with E-state index in [0.717, 1.165) is 49.4 Å². The number of hydrogen-bond donors (Lipinski definition) is 0. The third-order valence-corrected chi connectivity index (χ3v) is 4.14. The van der Waals surface area contributed by atoms with Gasteiger partial charge in [-0.1, -0.05) is 6.07 Å². The minimum Gasteiger partial charge on any atom is -0.443 e. The largest absolute Gasteiger partial charge is 0.443 e. The summed E-state index contributed by atoms with van der Waals surface area (Å²) in [6.45, 7) is 12.0. The van der Waals surface area contributed by atoms with Crippen molar-refractivity contribution in [1.82, 2.24) is 9.47 Å². The number of nitrogens with zero attached hydrogens (tertiary/aromatic N) is 2. The van der Waals surface area contributed by atoms with Gasteiger partial charge in [0.2, 0.25) is 0 Å². The molecule has 0 aliphatic carbocycles. The van der Waals surface area contributed by atoms with E-state index >= 15 is 0 Å². The summed E-state index contributed by atoms with van der Waals surface area (Å²) in [5.74, 6) is 0. The summed E-state index contributed by atoms with van der Waals surface area (Å²) in [5, 5.41) is 1.07. The molecule has 5 heteroatoms. The van der Waals surface area contributed by atoms with Gasteiger partial charge in [-0.05, 0) is 51.5 Å². The minimum atomic E-state index is -0.504. The van der Waals surface area contributed by atoms with E-state index in [1.807, 2.05) is 39.8 Å². The predicted octanol–water partition coefficient (Wildman–Crippen LogP) is 3.57. The predicted molar refractivity (Wildman–Crippen MR) is 94.4 cm³/mol. The van der Waals surface area contributed by atoms with E-state index in [1.54, 1.807) is 4.57 Å². The fourth-order valence-electron chi connectivity index (χ4n) is 3.07. The van der Waals surface area contributed by atoms with Crippen LogP contribution in [0.1, 0.15) is 32.0 Å². The van der Waals surface area contributed by atoms with Crippen LogP contribution in [-0.4, -0.2) is 47.5 Å². The number of aryl methyl sites for hydroxylation is 1. The molecule has 0 spiro atoms. The van der Waals surface area contributed by atoms with Crippen LogP contribution < -0.4 is 0 Å². The van der Waals surface area contributed by atoms with Crippen LogP contribution in [0.5, 0.6) is 0 Å². The molecule has 0 radical (unpaired) electrons. The summed E-state index contributed by atoms with van der Waals surface area (Å²) < 4.78 is 12.6. The molecule has 1 fully saturated rings. The Kier molecular flexibility index (Phi) is 4.65. The van der Waals surface area contributed by atoms with Gasteiger partial charge in [0.1, 0.15) is 5.60 Å². The fraction of sp³-hybridized carbons (Fsp3) is 0.526. The van der Waals surface area contributed by atoms with Crippen molar-refractivity contribution in [1.29, 1.82) is 0 Å². The molecule has 0 atom stereocenters. The van der Waals surface area contributed by atoms with Crippen molar-refractivity contribution in [2.45, 2.75) is 39.8 Å². The number of benzene rings is 1. The molecule has 2 aromatic rings. The Morgan fingerprint density at radius 1 is 1.21 bits per heavy atom. The van der Waals surface area contributed by atoms with Crippen LogP contribution in [0, 0.1) is 6.92 Å². The Hall–Kier alpha value is -1.85. The standard InChI is InChI=1S/C19H26N2O3/c1-14-11-16-12-15(13-20-7-9-23-10-8-20)5-6-17(16)21(14)18(22)24-19(2,3)4/h5-6,11-12H,7-10,13H2,1-4H3. The second-order valence-electron chi connectivity index (χ2n) is 7.38. The highest BCUT2D eigenvalue weighted by Crippen LogP contribution is 2.23. The second-order valence-corrected chi connectivity index (χ2v) is 7.38. The lowest BCUT2D eigenvalue weighted by Crippen LogP contribution is -2.35. The maximum atomic E-state index is 12.5. The third-order valence-electron chi connectivity index (χ3n) is 4.14. The smallest absolute Gasteiger partial charge is 0.419 e. The van der Waals surface area contributed by atoms with Gasteiger partial charge in [0.05, 0.1) is 18.7 Å². The van der Waals surface area contributed by atoms with Crippen molar-refractivity contribution in [3.8, 4) is 0 Å². The molecule has 1 aliphatic rings. The average Bonchev–Trinajstić information content (AvgIpc) is 2.81. The van der Waals surface area contributed by atoms with Crippen molar-refractivity contribution in [3.05, 3.63) is 35.5 Å². The summed E-state index contributed by atoms with van der Waals surface area (Å²) in [7, 11) is 0. The number of hydrogen-bond acceptors (Lipinski definition) is 4. The number of carbonyl (C=O) groups is 1. The Morgan fingerprint density at radius 3 is 2.58 bits per heavy atom. The molecular formula is C19H26N2O3. The van der Waals surface area contributed by atoms with E-state index in [2.05, 4.69) is 17.0 Å². The van der Waals surface area contributed by atoms with Gasteiger partial charge in [-0.25, -0.2) is 9.36 Å². The van der Waals surface area contributed by atoms with Gasteiger partial charge in [0.15, 0.2) is 0 Å². The minimum absolute atomic E-state index is 0.323. The lowest BCUT2D eigenvalue weighted by Gasteiger charge is -2.26. The van der Waals surface area contributed by atoms with E-state index in [9.17, 15) is 4.79 Å². The Morgan fingerprint density at radius 2 is 1.92 bits per heavy atom. The number of aromatic nitrogens is 1. The van der Waals surface area contributed by atoms with Gasteiger partial charge in [0.25, 0.3) is 0 Å². The number of rotatable bonds is 2. The highest BCUT2D eigenvalue weighted by atomic mass is 16.6. The monoisotopic (exact) mass is 330 g/mol. The van der Waals surface area contributed by atoms with E-state index in [0.29, 0.717) is 0 Å². The van der Waals surface area contributed by atoms with Crippen molar-refractivity contribution in [2.24, 2.45) is 0 Å². The van der Waals surface area contributed by atoms with Gasteiger partial charge in [-0.3, -0.25) is 4.90 Å². The van der Waals surface area contributed by atoms with E-state index in [1.165, 1.54) is 5.56 Å². The normalized spacial score (nSPS) is 16.5. The molecule has 1 aliphatic heterocycles. The van der Waals surface area contributed by atoms with Crippen LogP contribution in [0.4, 0.5) is 4.79 Å². The summed E-state index contributed by atoms with van der Waals surface area (Å²) in [5.41, 5.74) is 2.54. The molecule has 130 valence electrons. The first kappa shape index (κ1) is 17.0. The fourth-order valence-corrected chi connectivity index (χ4v) is 3.07. The Balaban J connectivity index is 1.85. The third kappa shape index (κ3) is 3.79. The molecule has 0 bridgehead atoms. The van der Waals surface area contributed by atoms with Crippen molar-refractivity contribution >= 4 is 17.0 Å². The van der Waals surface area contributed by atoms with Crippen LogP contribution in [0.25, 0.3) is 10.9 Å². The van der Waals surface area contributed by atoms with Gasteiger partial charge in [-0.15, -0.1) is 0 Å². The Bertz CT molecular complexity index is 737. The number of carbonyl (C=O) groups excluding carboxylic acids is 1. The van der Waals surface area contributed by atoms with E-state index < -0.39 is 5.60 Å². The molecule has 0 saturated carbocycles. The number of fused-ring (bicyclic) bond motifs is 1. The number of morpholine rings is 1. The molecule has 1 saturated heterocycles. The highest BCUT2D eigenvalue weighted by Gasteiger charge is 2.21. The van der Waals surface area contributed by atoms with Gasteiger partial charge in [-0.2, -0.15) is 0 Å². The maximum absolute atomic E-state index is 12.5. The van der Waals surface area contributed by atoms with Crippen LogP contribution in [0.15, 0.2) is 24.3 Å². The number of ether oxygens (including phenoxy) is 2. The molecule has 0 N–H and O–H groups in total. The van der Waals surface area contributed by atoms with Gasteiger partial charge in [0, 0.05) is 30.7 Å². The molecular weight excluding hydrogens is 304 g/mol. The average molecular weight is 330 g/mol. The van der Waals surface area contributed by atoms with E-state index in [4.69, 9.17) is 9.47 Å². The van der Waals surface area contributed by atoms with Crippen LogP contribution in [0.2, 0.25) is 0 Å². The first-order valence-corrected chi connectivity index (χ1v) is 8.48. The van der Waals surface area contributed by atoms with E-state index in [-0.39, 0.29) is 6.09 Å². The van der Waals surface area contributed by atoms with Crippen molar-refractivity contribution in [3.63, 3.8) is 0 Å². The summed E-state index contributed by atoms with van der Waals surface area (Å²) in [6.07, 6.45) is -0.323. The van der Waals surface area contributed by atoms with Gasteiger partial charge >= 0.3 is 6.09 Å². The van der Waals surface area contributed by atoms with Crippen LogP contribution >= 0.6 is 0 Å². The van der Waals surface area contributed by atoms with Gasteiger partial charge < -0.3 is 9.47 Å². The topological polar surface area (TPSA) is 43.7 Å². The molecule has 1 aromatic carbocycles. The molecule has 0 unspecified atom stereocenters. The zero-order chi connectivity index (χ0) is 17.3. The van der Waals surface area contributed by atoms with Crippen molar-refractivity contribution in [2.75, 3.05) is 26.3 Å². The highest BCUT2D eigenvalue weighted by molar-refractivity contribution is 5.91. The summed E-state index contributed by atoms with van der Waals surface area (Å²) in [6, 6.07) is 8.32. The lowest BCUT2D eigenvalue weighted by atomic mass is 10.1. The van der Waals surface area contributed by atoms with Crippen LogP contribution in [-0.2, 0) is 16.0 Å². The van der Waals surface area contributed by atoms with Crippen molar-refractivity contribution < 1.29 is 14.3 Å². The molecule has 3 rings (SSSR count).